The summed E-state index contributed by atoms with van der Waals surface area (Å²) < 4.78 is 30.3. The van der Waals surface area contributed by atoms with E-state index in [1.807, 2.05) is 31.2 Å². The molecule has 0 radical (unpaired) electrons. The van der Waals surface area contributed by atoms with E-state index in [-0.39, 0.29) is 16.6 Å². The van der Waals surface area contributed by atoms with Crippen molar-refractivity contribution in [3.05, 3.63) is 94.9 Å². The van der Waals surface area contributed by atoms with Crippen LogP contribution in [0, 0.1) is 6.92 Å². The van der Waals surface area contributed by atoms with Crippen molar-refractivity contribution in [2.75, 3.05) is 4.90 Å². The molecular weight excluding hydrogens is 450 g/mol. The highest BCUT2D eigenvalue weighted by Gasteiger charge is 2.33. The predicted octanol–water partition coefficient (Wildman–Crippen LogP) is 5.17. The lowest BCUT2D eigenvalue weighted by Crippen LogP contribution is -2.27. The van der Waals surface area contributed by atoms with Crippen LogP contribution in [0.2, 0.25) is 0 Å². The third-order valence-electron chi connectivity index (χ3n) is 4.50. The van der Waals surface area contributed by atoms with E-state index in [2.05, 4.69) is 0 Å². The van der Waals surface area contributed by atoms with Crippen LogP contribution in [0.5, 0.6) is 5.75 Å². The second-order valence-electron chi connectivity index (χ2n) is 6.77. The molecule has 1 saturated heterocycles. The SMILES string of the molecule is Cc1ccc(N2C(=O)/C(=C/c3ccc(OS(=O)(=O)c4ccccc4)cc3)SC2=S)cc1. The van der Waals surface area contributed by atoms with E-state index in [4.69, 9.17) is 16.4 Å². The van der Waals surface area contributed by atoms with Crippen LogP contribution in [-0.2, 0) is 14.9 Å². The quantitative estimate of drug-likeness (QED) is 0.293. The third kappa shape index (κ3) is 4.71. The summed E-state index contributed by atoms with van der Waals surface area (Å²) in [5, 5.41) is 0. The van der Waals surface area contributed by atoms with Crippen molar-refractivity contribution in [3.8, 4) is 5.75 Å². The monoisotopic (exact) mass is 467 g/mol. The van der Waals surface area contributed by atoms with Gasteiger partial charge in [-0.3, -0.25) is 9.69 Å². The van der Waals surface area contributed by atoms with Crippen molar-refractivity contribution in [3.63, 3.8) is 0 Å². The number of benzene rings is 3. The molecular formula is C23H17NO4S3. The molecule has 1 heterocycles. The van der Waals surface area contributed by atoms with Gasteiger partial charge in [-0.25, -0.2) is 0 Å². The first-order valence-electron chi connectivity index (χ1n) is 9.28. The molecule has 0 aliphatic carbocycles. The molecule has 1 aliphatic heterocycles. The smallest absolute Gasteiger partial charge is 0.339 e. The summed E-state index contributed by atoms with van der Waals surface area (Å²) in [6.07, 6.45) is 1.73. The molecule has 0 saturated carbocycles. The largest absolute Gasteiger partial charge is 0.379 e. The maximum absolute atomic E-state index is 12.9. The molecule has 0 aromatic heterocycles. The van der Waals surface area contributed by atoms with Crippen LogP contribution in [0.1, 0.15) is 11.1 Å². The topological polar surface area (TPSA) is 63.7 Å². The fourth-order valence-corrected chi connectivity index (χ4v) is 5.17. The first-order chi connectivity index (χ1) is 14.8. The minimum absolute atomic E-state index is 0.0823. The van der Waals surface area contributed by atoms with Crippen molar-refractivity contribution < 1.29 is 17.4 Å². The molecule has 4 rings (SSSR count). The lowest BCUT2D eigenvalue weighted by molar-refractivity contribution is -0.113. The lowest BCUT2D eigenvalue weighted by Gasteiger charge is -2.14. The van der Waals surface area contributed by atoms with E-state index in [1.54, 1.807) is 48.5 Å². The minimum atomic E-state index is -3.90. The van der Waals surface area contributed by atoms with Gasteiger partial charge >= 0.3 is 10.1 Å². The first kappa shape index (κ1) is 21.3. The molecule has 1 aliphatic rings. The van der Waals surface area contributed by atoms with Crippen LogP contribution in [0.15, 0.2) is 88.7 Å². The number of anilines is 1. The number of thioether (sulfide) groups is 1. The van der Waals surface area contributed by atoms with Crippen LogP contribution < -0.4 is 9.08 Å². The van der Waals surface area contributed by atoms with E-state index >= 15 is 0 Å². The van der Waals surface area contributed by atoms with Gasteiger partial charge in [-0.1, -0.05) is 72.0 Å². The average molecular weight is 468 g/mol. The molecule has 8 heteroatoms. The molecule has 0 spiro atoms. The highest BCUT2D eigenvalue weighted by molar-refractivity contribution is 8.27. The zero-order valence-corrected chi connectivity index (χ0v) is 18.8. The zero-order valence-electron chi connectivity index (χ0n) is 16.4. The van der Waals surface area contributed by atoms with E-state index in [9.17, 15) is 13.2 Å². The van der Waals surface area contributed by atoms with Crippen molar-refractivity contribution >= 4 is 56.1 Å². The third-order valence-corrected chi connectivity index (χ3v) is 7.07. The molecule has 0 atom stereocenters. The fraction of sp³-hybridized carbons (Fsp3) is 0.0435. The normalized spacial score (nSPS) is 15.5. The summed E-state index contributed by atoms with van der Waals surface area (Å²) >= 11 is 6.62. The van der Waals surface area contributed by atoms with Crippen LogP contribution in [0.4, 0.5) is 5.69 Å². The Morgan fingerprint density at radius 1 is 0.935 bits per heavy atom. The summed E-state index contributed by atoms with van der Waals surface area (Å²) in [4.78, 5) is 15.0. The van der Waals surface area contributed by atoms with Crippen LogP contribution in [-0.4, -0.2) is 18.6 Å². The molecule has 1 amide bonds. The van der Waals surface area contributed by atoms with E-state index < -0.39 is 10.1 Å². The van der Waals surface area contributed by atoms with Crippen LogP contribution in [0.3, 0.4) is 0 Å². The number of nitrogens with zero attached hydrogens (tertiary/aromatic N) is 1. The summed E-state index contributed by atoms with van der Waals surface area (Å²) in [6.45, 7) is 1.98. The Bertz CT molecular complexity index is 1270. The second kappa shape index (κ2) is 8.66. The number of aryl methyl sites for hydroxylation is 1. The number of carbonyl (C=O) groups is 1. The highest BCUT2D eigenvalue weighted by Crippen LogP contribution is 2.36. The molecule has 3 aromatic carbocycles. The van der Waals surface area contributed by atoms with E-state index in [0.29, 0.717) is 9.23 Å². The zero-order chi connectivity index (χ0) is 22.0. The first-order valence-corrected chi connectivity index (χ1v) is 11.9. The second-order valence-corrected chi connectivity index (χ2v) is 9.99. The predicted molar refractivity (Wildman–Crippen MR) is 128 cm³/mol. The number of thiocarbonyl (C=S) groups is 1. The Morgan fingerprint density at radius 2 is 1.58 bits per heavy atom. The lowest BCUT2D eigenvalue weighted by atomic mass is 10.2. The Morgan fingerprint density at radius 3 is 2.23 bits per heavy atom. The molecule has 0 N–H and O–H groups in total. The summed E-state index contributed by atoms with van der Waals surface area (Å²) in [7, 11) is -3.90. The van der Waals surface area contributed by atoms with Gasteiger partial charge in [0.15, 0.2) is 4.32 Å². The number of carbonyl (C=O) groups excluding carboxylic acids is 1. The van der Waals surface area contributed by atoms with Crippen LogP contribution >= 0.6 is 24.0 Å². The number of rotatable bonds is 5. The van der Waals surface area contributed by atoms with Gasteiger partial charge < -0.3 is 4.18 Å². The number of amides is 1. The summed E-state index contributed by atoms with van der Waals surface area (Å²) in [5.74, 6) is -0.000887. The fourth-order valence-electron chi connectivity index (χ4n) is 2.92. The molecule has 31 heavy (non-hydrogen) atoms. The van der Waals surface area contributed by atoms with Gasteiger partial charge in [0.05, 0.1) is 10.6 Å². The molecule has 3 aromatic rings. The van der Waals surface area contributed by atoms with Gasteiger partial charge in [0.2, 0.25) is 0 Å². The van der Waals surface area contributed by atoms with Gasteiger partial charge in [-0.2, -0.15) is 8.42 Å². The maximum Gasteiger partial charge on any atom is 0.339 e. The standard InChI is InChI=1S/C23H17NO4S3/c1-16-7-11-18(12-8-16)24-22(25)21(30-23(24)29)15-17-9-13-19(14-10-17)28-31(26,27)20-5-3-2-4-6-20/h2-15H,1H3/b21-15-. The van der Waals surface area contributed by atoms with Crippen molar-refractivity contribution in [2.24, 2.45) is 0 Å². The maximum atomic E-state index is 12.9. The molecule has 0 unspecified atom stereocenters. The number of hydrogen-bond acceptors (Lipinski definition) is 6. The van der Waals surface area contributed by atoms with Gasteiger partial charge in [0.25, 0.3) is 5.91 Å². The van der Waals surface area contributed by atoms with E-state index in [0.717, 1.165) is 16.8 Å². The van der Waals surface area contributed by atoms with Crippen molar-refractivity contribution in [2.45, 2.75) is 11.8 Å². The van der Waals surface area contributed by atoms with Crippen LogP contribution in [0.25, 0.3) is 6.08 Å². The Balaban J connectivity index is 1.51. The van der Waals surface area contributed by atoms with Crippen molar-refractivity contribution in [1.82, 2.24) is 0 Å². The van der Waals surface area contributed by atoms with E-state index in [1.165, 1.54) is 28.8 Å². The Kier molecular flexibility index (Phi) is 5.95. The molecule has 156 valence electrons. The van der Waals surface area contributed by atoms with Gasteiger partial charge in [-0.15, -0.1) is 0 Å². The highest BCUT2D eigenvalue weighted by atomic mass is 32.2. The van der Waals surface area contributed by atoms with Gasteiger partial charge in [-0.05, 0) is 55.0 Å². The molecule has 0 bridgehead atoms. The van der Waals surface area contributed by atoms with Gasteiger partial charge in [0, 0.05) is 0 Å². The summed E-state index contributed by atoms with van der Waals surface area (Å²) in [6, 6.07) is 22.0. The Hall–Kier alpha value is -2.94. The minimum Gasteiger partial charge on any atom is -0.379 e. The van der Waals surface area contributed by atoms with Gasteiger partial charge in [0.1, 0.15) is 10.6 Å². The summed E-state index contributed by atoms with van der Waals surface area (Å²) in [5.41, 5.74) is 2.56. The average Bonchev–Trinajstić information content (AvgIpc) is 3.03. The Labute approximate surface area is 190 Å². The molecule has 5 nitrogen and oxygen atoms in total. The van der Waals surface area contributed by atoms with Crippen molar-refractivity contribution in [1.29, 1.82) is 0 Å². The molecule has 1 fully saturated rings. The number of hydrogen-bond donors (Lipinski definition) is 0.